The quantitative estimate of drug-likeness (QED) is 0.789. The normalized spacial score (nSPS) is 17.9. The number of ketones is 1. The number of aliphatic hydroxyl groups excluding tert-OH is 1. The average molecular weight is 218 g/mol. The highest BCUT2D eigenvalue weighted by atomic mass is 16.3. The van der Waals surface area contributed by atoms with Crippen LogP contribution < -0.4 is 0 Å². The van der Waals surface area contributed by atoms with E-state index in [0.717, 1.165) is 11.1 Å². The van der Waals surface area contributed by atoms with Crippen LogP contribution in [0.15, 0.2) is 24.3 Å². The van der Waals surface area contributed by atoms with Gasteiger partial charge < -0.3 is 5.11 Å². The van der Waals surface area contributed by atoms with Crippen molar-refractivity contribution in [1.29, 1.82) is 0 Å². The molecule has 1 saturated carbocycles. The van der Waals surface area contributed by atoms with Crippen molar-refractivity contribution in [2.75, 3.05) is 0 Å². The van der Waals surface area contributed by atoms with Gasteiger partial charge in [0, 0.05) is 5.56 Å². The second-order valence-electron chi connectivity index (χ2n) is 4.50. The number of aliphatic hydroxyl groups is 1. The molecular weight excluding hydrogens is 200 g/mol. The number of carbonyl (C=O) groups excluding carboxylic acids is 1. The SMILES string of the molecule is CCC(O)C(=O)c1ccccc1C1CCC1. The van der Waals surface area contributed by atoms with Gasteiger partial charge in [-0.05, 0) is 30.7 Å². The first kappa shape index (κ1) is 11.3. The predicted molar refractivity (Wildman–Crippen MR) is 63.7 cm³/mol. The topological polar surface area (TPSA) is 37.3 Å². The lowest BCUT2D eigenvalue weighted by Crippen LogP contribution is -2.22. The van der Waals surface area contributed by atoms with Gasteiger partial charge in [-0.15, -0.1) is 0 Å². The van der Waals surface area contributed by atoms with Gasteiger partial charge in [0.15, 0.2) is 5.78 Å². The van der Waals surface area contributed by atoms with Crippen LogP contribution in [-0.4, -0.2) is 17.0 Å². The van der Waals surface area contributed by atoms with E-state index >= 15 is 0 Å². The van der Waals surface area contributed by atoms with E-state index in [-0.39, 0.29) is 5.78 Å². The summed E-state index contributed by atoms with van der Waals surface area (Å²) in [5.41, 5.74) is 1.85. The highest BCUT2D eigenvalue weighted by Gasteiger charge is 2.25. The van der Waals surface area contributed by atoms with Crippen molar-refractivity contribution in [3.8, 4) is 0 Å². The van der Waals surface area contributed by atoms with E-state index < -0.39 is 6.10 Å². The smallest absolute Gasteiger partial charge is 0.191 e. The molecule has 0 amide bonds. The third kappa shape index (κ3) is 2.03. The summed E-state index contributed by atoms with van der Waals surface area (Å²) in [6.07, 6.45) is 3.24. The minimum Gasteiger partial charge on any atom is -0.385 e. The molecule has 2 rings (SSSR count). The Hall–Kier alpha value is -1.15. The summed E-state index contributed by atoms with van der Waals surface area (Å²) in [4.78, 5) is 12.0. The van der Waals surface area contributed by atoms with E-state index in [9.17, 15) is 9.90 Å². The molecule has 0 saturated heterocycles. The monoisotopic (exact) mass is 218 g/mol. The zero-order valence-corrected chi connectivity index (χ0v) is 9.65. The number of hydrogen-bond donors (Lipinski definition) is 1. The van der Waals surface area contributed by atoms with Crippen molar-refractivity contribution in [3.63, 3.8) is 0 Å². The Labute approximate surface area is 96.3 Å². The summed E-state index contributed by atoms with van der Waals surface area (Å²) in [5, 5.41) is 9.63. The molecule has 0 heterocycles. The van der Waals surface area contributed by atoms with Crippen molar-refractivity contribution in [2.24, 2.45) is 0 Å². The first-order valence-corrected chi connectivity index (χ1v) is 6.05. The van der Waals surface area contributed by atoms with Crippen molar-refractivity contribution in [3.05, 3.63) is 35.4 Å². The number of Topliss-reactive ketones (excluding diaryl/α,β-unsaturated/α-hetero) is 1. The van der Waals surface area contributed by atoms with Gasteiger partial charge in [0.1, 0.15) is 6.10 Å². The molecule has 2 heteroatoms. The first-order chi connectivity index (χ1) is 7.74. The molecular formula is C14H18O2. The van der Waals surface area contributed by atoms with Gasteiger partial charge in [-0.3, -0.25) is 4.79 Å². The maximum Gasteiger partial charge on any atom is 0.191 e. The Morgan fingerprint density at radius 2 is 2.12 bits per heavy atom. The summed E-state index contributed by atoms with van der Waals surface area (Å²) in [6, 6.07) is 7.72. The van der Waals surface area contributed by atoms with Crippen LogP contribution in [0.5, 0.6) is 0 Å². The molecule has 1 fully saturated rings. The molecule has 0 radical (unpaired) electrons. The largest absolute Gasteiger partial charge is 0.385 e. The van der Waals surface area contributed by atoms with Gasteiger partial charge in [0.2, 0.25) is 0 Å². The lowest BCUT2D eigenvalue weighted by atomic mass is 9.77. The van der Waals surface area contributed by atoms with Gasteiger partial charge in [0.25, 0.3) is 0 Å². The fraction of sp³-hybridized carbons (Fsp3) is 0.500. The summed E-state index contributed by atoms with van der Waals surface area (Å²) in [7, 11) is 0. The number of hydrogen-bond acceptors (Lipinski definition) is 2. The number of carbonyl (C=O) groups is 1. The van der Waals surface area contributed by atoms with Gasteiger partial charge in [0.05, 0.1) is 0 Å². The number of rotatable bonds is 4. The first-order valence-electron chi connectivity index (χ1n) is 6.05. The molecule has 0 spiro atoms. The molecule has 1 unspecified atom stereocenters. The number of benzene rings is 1. The van der Waals surface area contributed by atoms with Crippen LogP contribution in [0.25, 0.3) is 0 Å². The predicted octanol–water partition coefficient (Wildman–Crippen LogP) is 2.91. The van der Waals surface area contributed by atoms with Gasteiger partial charge in [-0.2, -0.15) is 0 Å². The van der Waals surface area contributed by atoms with Gasteiger partial charge in [-0.25, -0.2) is 0 Å². The van der Waals surface area contributed by atoms with Crippen LogP contribution >= 0.6 is 0 Å². The zero-order chi connectivity index (χ0) is 11.5. The summed E-state index contributed by atoms with van der Waals surface area (Å²) >= 11 is 0. The Morgan fingerprint density at radius 1 is 1.44 bits per heavy atom. The minimum atomic E-state index is -0.846. The van der Waals surface area contributed by atoms with E-state index in [1.807, 2.05) is 31.2 Å². The van der Waals surface area contributed by atoms with Crippen molar-refractivity contribution >= 4 is 5.78 Å². The fourth-order valence-electron chi connectivity index (χ4n) is 2.16. The molecule has 0 aromatic heterocycles. The van der Waals surface area contributed by atoms with Crippen LogP contribution in [0, 0.1) is 0 Å². The molecule has 86 valence electrons. The molecule has 1 aromatic rings. The third-order valence-corrected chi connectivity index (χ3v) is 3.46. The minimum absolute atomic E-state index is 0.120. The van der Waals surface area contributed by atoms with Crippen molar-refractivity contribution < 1.29 is 9.90 Å². The van der Waals surface area contributed by atoms with Crippen LogP contribution in [0.2, 0.25) is 0 Å². The van der Waals surface area contributed by atoms with Crippen molar-refractivity contribution in [1.82, 2.24) is 0 Å². The molecule has 1 aromatic carbocycles. The second kappa shape index (κ2) is 4.79. The van der Waals surface area contributed by atoms with E-state index in [2.05, 4.69) is 0 Å². The van der Waals surface area contributed by atoms with Gasteiger partial charge in [-0.1, -0.05) is 37.6 Å². The Bertz CT molecular complexity index is 380. The molecule has 1 aliphatic carbocycles. The zero-order valence-electron chi connectivity index (χ0n) is 9.65. The Morgan fingerprint density at radius 3 is 2.69 bits per heavy atom. The summed E-state index contributed by atoms with van der Waals surface area (Å²) in [5.74, 6) is 0.411. The van der Waals surface area contributed by atoms with E-state index in [1.165, 1.54) is 19.3 Å². The highest BCUT2D eigenvalue weighted by molar-refractivity contribution is 6.00. The van der Waals surface area contributed by atoms with E-state index in [4.69, 9.17) is 0 Å². The highest BCUT2D eigenvalue weighted by Crippen LogP contribution is 2.38. The average Bonchev–Trinajstić information content (AvgIpc) is 2.25. The molecule has 1 aliphatic rings. The van der Waals surface area contributed by atoms with Crippen LogP contribution in [-0.2, 0) is 0 Å². The Balaban J connectivity index is 2.28. The fourth-order valence-corrected chi connectivity index (χ4v) is 2.16. The van der Waals surface area contributed by atoms with E-state index in [0.29, 0.717) is 12.3 Å². The standard InChI is InChI=1S/C14H18O2/c1-2-13(15)14(16)12-9-4-3-8-11(12)10-6-5-7-10/h3-4,8-10,13,15H,2,5-7H2,1H3. The molecule has 2 nitrogen and oxygen atoms in total. The van der Waals surface area contributed by atoms with E-state index in [1.54, 1.807) is 0 Å². The molecule has 0 aliphatic heterocycles. The lowest BCUT2D eigenvalue weighted by molar-refractivity contribution is 0.0738. The van der Waals surface area contributed by atoms with Gasteiger partial charge >= 0.3 is 0 Å². The molecule has 0 bridgehead atoms. The third-order valence-electron chi connectivity index (χ3n) is 3.46. The van der Waals surface area contributed by atoms with Crippen molar-refractivity contribution in [2.45, 2.75) is 44.6 Å². The molecule has 1 N–H and O–H groups in total. The summed E-state index contributed by atoms with van der Waals surface area (Å²) < 4.78 is 0. The summed E-state index contributed by atoms with van der Waals surface area (Å²) in [6.45, 7) is 1.83. The lowest BCUT2D eigenvalue weighted by Gasteiger charge is -2.27. The van der Waals surface area contributed by atoms with Crippen LogP contribution in [0.3, 0.4) is 0 Å². The molecule has 1 atom stereocenters. The van der Waals surface area contributed by atoms with Crippen LogP contribution in [0.4, 0.5) is 0 Å². The maximum absolute atomic E-state index is 12.0. The van der Waals surface area contributed by atoms with Crippen LogP contribution in [0.1, 0.15) is 54.4 Å². The Kier molecular flexibility index (Phi) is 3.39. The second-order valence-corrected chi connectivity index (χ2v) is 4.50. The maximum atomic E-state index is 12.0. The molecule has 16 heavy (non-hydrogen) atoms.